The van der Waals surface area contributed by atoms with Crippen LogP contribution in [0.5, 0.6) is 0 Å². The molecular formula is C17H24N4. The fourth-order valence-corrected chi connectivity index (χ4v) is 1.97. The van der Waals surface area contributed by atoms with Gasteiger partial charge in [0.05, 0.1) is 12.4 Å². The highest BCUT2D eigenvalue weighted by Crippen LogP contribution is 2.24. The summed E-state index contributed by atoms with van der Waals surface area (Å²) in [6.07, 6.45) is 4.53. The van der Waals surface area contributed by atoms with Crippen molar-refractivity contribution in [2.75, 3.05) is 17.2 Å². The lowest BCUT2D eigenvalue weighted by atomic mass is 9.87. The van der Waals surface area contributed by atoms with Crippen LogP contribution in [0.15, 0.2) is 36.7 Å². The van der Waals surface area contributed by atoms with Gasteiger partial charge in [-0.05, 0) is 29.5 Å². The van der Waals surface area contributed by atoms with Gasteiger partial charge >= 0.3 is 0 Å². The first-order valence-corrected chi connectivity index (χ1v) is 7.42. The zero-order chi connectivity index (χ0) is 15.3. The smallest absolute Gasteiger partial charge is 0.151 e. The minimum absolute atomic E-state index is 0.169. The SMILES string of the molecule is CCCNc1cncc(Nc2ccc(C(C)(C)C)cc2)n1. The van der Waals surface area contributed by atoms with Gasteiger partial charge in [-0.3, -0.25) is 4.98 Å². The van der Waals surface area contributed by atoms with Crippen LogP contribution in [0.25, 0.3) is 0 Å². The molecule has 0 amide bonds. The van der Waals surface area contributed by atoms with Gasteiger partial charge < -0.3 is 10.6 Å². The van der Waals surface area contributed by atoms with Crippen LogP contribution in [-0.4, -0.2) is 16.5 Å². The highest BCUT2D eigenvalue weighted by molar-refractivity contribution is 5.57. The maximum atomic E-state index is 4.49. The van der Waals surface area contributed by atoms with E-state index < -0.39 is 0 Å². The first kappa shape index (κ1) is 15.3. The Morgan fingerprint density at radius 3 is 2.29 bits per heavy atom. The highest BCUT2D eigenvalue weighted by atomic mass is 15.1. The summed E-state index contributed by atoms with van der Waals surface area (Å²) in [7, 11) is 0. The molecule has 0 spiro atoms. The third-order valence-electron chi connectivity index (χ3n) is 3.21. The van der Waals surface area contributed by atoms with Crippen LogP contribution in [0.4, 0.5) is 17.3 Å². The van der Waals surface area contributed by atoms with E-state index in [0.29, 0.717) is 0 Å². The van der Waals surface area contributed by atoms with Gasteiger partial charge in [-0.15, -0.1) is 0 Å². The number of nitrogens with zero attached hydrogens (tertiary/aromatic N) is 2. The summed E-state index contributed by atoms with van der Waals surface area (Å²) in [6, 6.07) is 8.45. The van der Waals surface area contributed by atoms with E-state index in [2.05, 4.69) is 72.6 Å². The number of rotatable bonds is 5. The van der Waals surface area contributed by atoms with Gasteiger partial charge in [-0.25, -0.2) is 4.98 Å². The Bertz CT molecular complexity index is 570. The van der Waals surface area contributed by atoms with Crippen LogP contribution >= 0.6 is 0 Å². The monoisotopic (exact) mass is 284 g/mol. The average molecular weight is 284 g/mol. The van der Waals surface area contributed by atoms with E-state index in [1.54, 1.807) is 12.4 Å². The molecule has 1 aromatic carbocycles. The van der Waals surface area contributed by atoms with Gasteiger partial charge in [0, 0.05) is 12.2 Å². The normalized spacial score (nSPS) is 11.2. The van der Waals surface area contributed by atoms with Crippen molar-refractivity contribution in [3.8, 4) is 0 Å². The molecule has 0 radical (unpaired) electrons. The van der Waals surface area contributed by atoms with Crippen LogP contribution < -0.4 is 10.6 Å². The van der Waals surface area contributed by atoms with Gasteiger partial charge in [-0.1, -0.05) is 39.8 Å². The first-order chi connectivity index (χ1) is 9.99. The Balaban J connectivity index is 2.07. The van der Waals surface area contributed by atoms with Crippen molar-refractivity contribution in [2.45, 2.75) is 39.5 Å². The van der Waals surface area contributed by atoms with E-state index in [9.17, 15) is 0 Å². The van der Waals surface area contributed by atoms with Gasteiger partial charge in [-0.2, -0.15) is 0 Å². The standard InChI is InChI=1S/C17H24N4/c1-5-10-19-15-11-18-12-16(21-15)20-14-8-6-13(7-9-14)17(2,3)4/h6-9,11-12H,5,10H2,1-4H3,(H2,19,20,21). The molecule has 1 heterocycles. The van der Waals surface area contributed by atoms with E-state index in [1.165, 1.54) is 5.56 Å². The Morgan fingerprint density at radius 1 is 1.00 bits per heavy atom. The Labute approximate surface area is 127 Å². The average Bonchev–Trinajstić information content (AvgIpc) is 2.45. The molecule has 0 aliphatic carbocycles. The third kappa shape index (κ3) is 4.45. The molecule has 0 aliphatic heterocycles. The zero-order valence-electron chi connectivity index (χ0n) is 13.3. The Morgan fingerprint density at radius 2 is 1.67 bits per heavy atom. The first-order valence-electron chi connectivity index (χ1n) is 7.42. The Hall–Kier alpha value is -2.10. The minimum Gasteiger partial charge on any atom is -0.369 e. The lowest BCUT2D eigenvalue weighted by molar-refractivity contribution is 0.590. The molecular weight excluding hydrogens is 260 g/mol. The molecule has 2 rings (SSSR count). The van der Waals surface area contributed by atoms with Crippen LogP contribution in [0.3, 0.4) is 0 Å². The summed E-state index contributed by atoms with van der Waals surface area (Å²) < 4.78 is 0. The number of benzene rings is 1. The van der Waals surface area contributed by atoms with Crippen LogP contribution in [0, 0.1) is 0 Å². The lowest BCUT2D eigenvalue weighted by Crippen LogP contribution is -2.10. The largest absolute Gasteiger partial charge is 0.369 e. The topological polar surface area (TPSA) is 49.8 Å². The molecule has 1 aromatic heterocycles. The number of hydrogen-bond donors (Lipinski definition) is 2. The zero-order valence-corrected chi connectivity index (χ0v) is 13.3. The predicted molar refractivity (Wildman–Crippen MR) is 89.2 cm³/mol. The molecule has 0 saturated carbocycles. The molecule has 4 heteroatoms. The van der Waals surface area contributed by atoms with Crippen molar-refractivity contribution in [3.05, 3.63) is 42.2 Å². The van der Waals surface area contributed by atoms with E-state index >= 15 is 0 Å². The molecule has 0 bridgehead atoms. The summed E-state index contributed by atoms with van der Waals surface area (Å²) in [5.41, 5.74) is 2.50. The second kappa shape index (κ2) is 6.57. The van der Waals surface area contributed by atoms with Crippen molar-refractivity contribution >= 4 is 17.3 Å². The Kier molecular flexibility index (Phi) is 4.78. The number of nitrogens with one attached hydrogen (secondary N) is 2. The van der Waals surface area contributed by atoms with Gasteiger partial charge in [0.1, 0.15) is 5.82 Å². The molecule has 112 valence electrons. The summed E-state index contributed by atoms with van der Waals surface area (Å²) in [5.74, 6) is 1.55. The van der Waals surface area contributed by atoms with Gasteiger partial charge in [0.2, 0.25) is 0 Å². The fraction of sp³-hybridized carbons (Fsp3) is 0.412. The van der Waals surface area contributed by atoms with E-state index in [0.717, 1.165) is 30.3 Å². The number of aromatic nitrogens is 2. The molecule has 4 nitrogen and oxygen atoms in total. The van der Waals surface area contributed by atoms with E-state index in [1.807, 2.05) is 0 Å². The van der Waals surface area contributed by atoms with Crippen molar-refractivity contribution < 1.29 is 0 Å². The minimum atomic E-state index is 0.169. The summed E-state index contributed by atoms with van der Waals surface area (Å²) >= 11 is 0. The molecule has 2 aromatic rings. The van der Waals surface area contributed by atoms with Crippen molar-refractivity contribution in [2.24, 2.45) is 0 Å². The van der Waals surface area contributed by atoms with Gasteiger partial charge in [0.25, 0.3) is 0 Å². The molecule has 0 aliphatic rings. The number of hydrogen-bond acceptors (Lipinski definition) is 4. The van der Waals surface area contributed by atoms with Crippen LogP contribution in [0.1, 0.15) is 39.7 Å². The highest BCUT2D eigenvalue weighted by Gasteiger charge is 2.12. The van der Waals surface area contributed by atoms with Crippen LogP contribution in [0.2, 0.25) is 0 Å². The maximum Gasteiger partial charge on any atom is 0.151 e. The quantitative estimate of drug-likeness (QED) is 0.857. The van der Waals surface area contributed by atoms with E-state index in [4.69, 9.17) is 0 Å². The third-order valence-corrected chi connectivity index (χ3v) is 3.21. The second-order valence-corrected chi connectivity index (χ2v) is 6.17. The predicted octanol–water partition coefficient (Wildman–Crippen LogP) is 4.34. The molecule has 0 unspecified atom stereocenters. The second-order valence-electron chi connectivity index (χ2n) is 6.17. The molecule has 0 atom stereocenters. The molecule has 0 saturated heterocycles. The van der Waals surface area contributed by atoms with Crippen molar-refractivity contribution in [1.29, 1.82) is 0 Å². The van der Waals surface area contributed by atoms with Gasteiger partial charge in [0.15, 0.2) is 5.82 Å². The summed E-state index contributed by atoms with van der Waals surface area (Å²) in [6.45, 7) is 9.66. The molecule has 21 heavy (non-hydrogen) atoms. The lowest BCUT2D eigenvalue weighted by Gasteiger charge is -2.19. The van der Waals surface area contributed by atoms with E-state index in [-0.39, 0.29) is 5.41 Å². The van der Waals surface area contributed by atoms with Crippen molar-refractivity contribution in [3.63, 3.8) is 0 Å². The maximum absolute atomic E-state index is 4.49. The molecule has 0 fully saturated rings. The summed E-state index contributed by atoms with van der Waals surface area (Å²) in [5, 5.41) is 6.52. The number of anilines is 3. The van der Waals surface area contributed by atoms with Crippen LogP contribution in [-0.2, 0) is 5.41 Å². The summed E-state index contributed by atoms with van der Waals surface area (Å²) in [4.78, 5) is 8.70. The molecule has 2 N–H and O–H groups in total. The van der Waals surface area contributed by atoms with Crippen molar-refractivity contribution in [1.82, 2.24) is 9.97 Å². The fourth-order valence-electron chi connectivity index (χ4n) is 1.97.